The van der Waals surface area contributed by atoms with Crippen molar-refractivity contribution in [3.05, 3.63) is 41.1 Å². The van der Waals surface area contributed by atoms with Crippen LogP contribution >= 0.6 is 0 Å². The fourth-order valence-electron chi connectivity index (χ4n) is 3.54. The zero-order valence-electron chi connectivity index (χ0n) is 14.4. The third-order valence-corrected chi connectivity index (χ3v) is 4.70. The molecule has 1 unspecified atom stereocenters. The highest BCUT2D eigenvalue weighted by Crippen LogP contribution is 2.44. The first-order chi connectivity index (χ1) is 12.0. The van der Waals surface area contributed by atoms with E-state index in [-0.39, 0.29) is 17.2 Å². The molecule has 130 valence electrons. The summed E-state index contributed by atoms with van der Waals surface area (Å²) >= 11 is 0. The molecule has 1 aliphatic carbocycles. The van der Waals surface area contributed by atoms with Gasteiger partial charge in [0.1, 0.15) is 5.75 Å². The number of methoxy groups -OCH3 is 1. The average Bonchev–Trinajstić information content (AvgIpc) is 2.93. The van der Waals surface area contributed by atoms with Crippen LogP contribution < -0.4 is 15.4 Å². The Kier molecular flexibility index (Phi) is 3.52. The van der Waals surface area contributed by atoms with Crippen molar-refractivity contribution in [2.75, 3.05) is 17.7 Å². The minimum absolute atomic E-state index is 0.102. The molecule has 0 saturated heterocycles. The van der Waals surface area contributed by atoms with Gasteiger partial charge in [-0.2, -0.15) is 0 Å². The SMILES string of the molecule is COc1ccc(C2Nc3nonc3NC3=C2C(=O)CC(C)(C)C3)cc1. The van der Waals surface area contributed by atoms with Gasteiger partial charge in [-0.05, 0) is 39.8 Å². The van der Waals surface area contributed by atoms with Gasteiger partial charge in [0, 0.05) is 17.7 Å². The van der Waals surface area contributed by atoms with Gasteiger partial charge in [-0.15, -0.1) is 0 Å². The molecule has 0 amide bonds. The van der Waals surface area contributed by atoms with Crippen molar-refractivity contribution in [2.45, 2.75) is 32.7 Å². The van der Waals surface area contributed by atoms with E-state index < -0.39 is 0 Å². The van der Waals surface area contributed by atoms with E-state index in [1.807, 2.05) is 24.3 Å². The van der Waals surface area contributed by atoms with E-state index >= 15 is 0 Å². The number of benzene rings is 1. The molecule has 7 heteroatoms. The van der Waals surface area contributed by atoms with Gasteiger partial charge in [0.25, 0.3) is 0 Å². The first-order valence-corrected chi connectivity index (χ1v) is 8.23. The summed E-state index contributed by atoms with van der Waals surface area (Å²) in [5.41, 5.74) is 2.47. The summed E-state index contributed by atoms with van der Waals surface area (Å²) in [6, 6.07) is 7.35. The highest BCUT2D eigenvalue weighted by molar-refractivity contribution is 6.00. The number of aromatic nitrogens is 2. The Bertz CT molecular complexity index is 851. The first kappa shape index (κ1) is 15.7. The van der Waals surface area contributed by atoms with E-state index in [0.29, 0.717) is 18.1 Å². The number of hydrogen-bond acceptors (Lipinski definition) is 7. The summed E-state index contributed by atoms with van der Waals surface area (Å²) < 4.78 is 10.1. The van der Waals surface area contributed by atoms with Crippen LogP contribution in [0.4, 0.5) is 11.6 Å². The van der Waals surface area contributed by atoms with Crippen LogP contribution in [-0.4, -0.2) is 23.2 Å². The number of carbonyl (C=O) groups excluding carboxylic acids is 1. The predicted octanol–water partition coefficient (Wildman–Crippen LogP) is 3.30. The number of hydrogen-bond donors (Lipinski definition) is 2. The molecule has 0 radical (unpaired) electrons. The Hall–Kier alpha value is -2.83. The Morgan fingerprint density at radius 1 is 1.16 bits per heavy atom. The Balaban J connectivity index is 1.83. The molecule has 1 aromatic carbocycles. The van der Waals surface area contributed by atoms with Crippen LogP contribution in [0.2, 0.25) is 0 Å². The van der Waals surface area contributed by atoms with Crippen molar-refractivity contribution < 1.29 is 14.2 Å². The summed E-state index contributed by atoms with van der Waals surface area (Å²) in [7, 11) is 1.63. The third kappa shape index (κ3) is 2.75. The number of allylic oxidation sites excluding steroid dienone is 1. The van der Waals surface area contributed by atoms with Crippen molar-refractivity contribution in [1.82, 2.24) is 10.3 Å². The fourth-order valence-corrected chi connectivity index (χ4v) is 3.54. The van der Waals surface area contributed by atoms with Gasteiger partial charge in [-0.1, -0.05) is 26.0 Å². The number of ether oxygens (including phenoxy) is 1. The minimum atomic E-state index is -0.315. The van der Waals surface area contributed by atoms with Crippen LogP contribution in [0.15, 0.2) is 40.2 Å². The lowest BCUT2D eigenvalue weighted by molar-refractivity contribution is -0.118. The monoisotopic (exact) mass is 340 g/mol. The smallest absolute Gasteiger partial charge is 0.219 e. The lowest BCUT2D eigenvalue weighted by Gasteiger charge is -2.34. The van der Waals surface area contributed by atoms with Gasteiger partial charge in [0.05, 0.1) is 13.2 Å². The van der Waals surface area contributed by atoms with Gasteiger partial charge < -0.3 is 15.4 Å². The molecule has 2 aliphatic rings. The lowest BCUT2D eigenvalue weighted by atomic mass is 9.73. The van der Waals surface area contributed by atoms with E-state index in [0.717, 1.165) is 29.0 Å². The topological polar surface area (TPSA) is 89.3 Å². The van der Waals surface area contributed by atoms with Gasteiger partial charge in [-0.3, -0.25) is 4.79 Å². The molecule has 4 rings (SSSR count). The maximum atomic E-state index is 12.9. The molecule has 1 aliphatic heterocycles. The van der Waals surface area contributed by atoms with Crippen molar-refractivity contribution in [3.63, 3.8) is 0 Å². The minimum Gasteiger partial charge on any atom is -0.497 e. The van der Waals surface area contributed by atoms with Crippen molar-refractivity contribution >= 4 is 17.4 Å². The van der Waals surface area contributed by atoms with Gasteiger partial charge in [-0.25, -0.2) is 4.63 Å². The van der Waals surface area contributed by atoms with Crippen molar-refractivity contribution in [2.24, 2.45) is 5.41 Å². The zero-order chi connectivity index (χ0) is 17.6. The molecule has 0 saturated carbocycles. The number of fused-ring (bicyclic) bond motifs is 1. The molecule has 2 N–H and O–H groups in total. The van der Waals surface area contributed by atoms with Crippen molar-refractivity contribution in [3.8, 4) is 5.75 Å². The number of rotatable bonds is 2. The second-order valence-electron chi connectivity index (χ2n) is 7.27. The normalized spacial score (nSPS) is 21.6. The van der Waals surface area contributed by atoms with Gasteiger partial charge >= 0.3 is 0 Å². The van der Waals surface area contributed by atoms with Crippen LogP contribution in [0.1, 0.15) is 38.3 Å². The maximum absolute atomic E-state index is 12.9. The van der Waals surface area contributed by atoms with Crippen LogP contribution in [0.3, 0.4) is 0 Å². The molecule has 1 aromatic heterocycles. The second kappa shape index (κ2) is 5.61. The van der Waals surface area contributed by atoms with E-state index in [2.05, 4.69) is 34.8 Å². The quantitative estimate of drug-likeness (QED) is 0.867. The Morgan fingerprint density at radius 3 is 2.60 bits per heavy atom. The second-order valence-corrected chi connectivity index (χ2v) is 7.27. The molecule has 25 heavy (non-hydrogen) atoms. The molecule has 0 bridgehead atoms. The number of carbonyl (C=O) groups is 1. The highest BCUT2D eigenvalue weighted by Gasteiger charge is 2.39. The predicted molar refractivity (Wildman–Crippen MR) is 92.3 cm³/mol. The van der Waals surface area contributed by atoms with Gasteiger partial charge in [0.15, 0.2) is 5.78 Å². The molecular formula is C18H20N4O3. The van der Waals surface area contributed by atoms with E-state index in [1.165, 1.54) is 0 Å². The fraction of sp³-hybridized carbons (Fsp3) is 0.389. The summed E-state index contributed by atoms with van der Waals surface area (Å²) in [6.07, 6.45) is 1.27. The van der Waals surface area contributed by atoms with Crippen LogP contribution in [0, 0.1) is 5.41 Å². The zero-order valence-corrected chi connectivity index (χ0v) is 14.4. The molecule has 2 aromatic rings. The molecule has 2 heterocycles. The molecule has 0 spiro atoms. The standard InChI is InChI=1S/C18H20N4O3/c1-18(2)8-12-14(13(23)9-18)15(10-4-6-11(24-3)7-5-10)20-17-16(19-12)21-25-22-17/h4-7,15H,8-9H2,1-3H3,(H,19,21)(H,20,22). The largest absolute Gasteiger partial charge is 0.497 e. The molecule has 1 atom stereocenters. The van der Waals surface area contributed by atoms with Crippen molar-refractivity contribution in [1.29, 1.82) is 0 Å². The number of nitrogens with one attached hydrogen (secondary N) is 2. The Labute approximate surface area is 145 Å². The third-order valence-electron chi connectivity index (χ3n) is 4.70. The summed E-state index contributed by atoms with van der Waals surface area (Å²) in [5, 5.41) is 14.4. The number of anilines is 2. The Morgan fingerprint density at radius 2 is 1.88 bits per heavy atom. The van der Waals surface area contributed by atoms with Crippen LogP contribution in [0.5, 0.6) is 5.75 Å². The summed E-state index contributed by atoms with van der Waals surface area (Å²) in [5.74, 6) is 1.91. The molecular weight excluding hydrogens is 320 g/mol. The molecule has 7 nitrogen and oxygen atoms in total. The summed E-state index contributed by atoms with van der Waals surface area (Å²) in [6.45, 7) is 4.19. The highest BCUT2D eigenvalue weighted by atomic mass is 16.6. The number of nitrogens with zero attached hydrogens (tertiary/aromatic N) is 2. The van der Waals surface area contributed by atoms with Crippen LogP contribution in [-0.2, 0) is 4.79 Å². The van der Waals surface area contributed by atoms with Crippen LogP contribution in [0.25, 0.3) is 0 Å². The molecule has 0 fully saturated rings. The van der Waals surface area contributed by atoms with E-state index in [9.17, 15) is 4.79 Å². The van der Waals surface area contributed by atoms with Gasteiger partial charge in [0.2, 0.25) is 11.6 Å². The van der Waals surface area contributed by atoms with E-state index in [4.69, 9.17) is 9.37 Å². The summed E-state index contributed by atoms with van der Waals surface area (Å²) in [4.78, 5) is 12.9. The maximum Gasteiger partial charge on any atom is 0.219 e. The average molecular weight is 340 g/mol. The first-order valence-electron chi connectivity index (χ1n) is 8.23. The van der Waals surface area contributed by atoms with E-state index in [1.54, 1.807) is 7.11 Å². The number of Topliss-reactive ketones (excluding diaryl/α,β-unsaturated/α-hetero) is 1. The number of ketones is 1. The lowest BCUT2D eigenvalue weighted by Crippen LogP contribution is -2.31.